The molecule has 0 radical (unpaired) electrons. The number of rotatable bonds is 6. The van der Waals surface area contributed by atoms with E-state index in [-0.39, 0.29) is 11.4 Å². The summed E-state index contributed by atoms with van der Waals surface area (Å²) in [5, 5.41) is 2.81. The van der Waals surface area contributed by atoms with Gasteiger partial charge in [0.2, 0.25) is 0 Å². The molecule has 0 aromatic heterocycles. The van der Waals surface area contributed by atoms with Crippen LogP contribution in [-0.2, 0) is 16.0 Å². The van der Waals surface area contributed by atoms with E-state index in [9.17, 15) is 4.79 Å². The number of methoxy groups -OCH3 is 1. The summed E-state index contributed by atoms with van der Waals surface area (Å²) in [5.74, 6) is -0.164. The van der Waals surface area contributed by atoms with Crippen LogP contribution in [0, 0.1) is 0 Å². The van der Waals surface area contributed by atoms with Crippen molar-refractivity contribution in [1.29, 1.82) is 0 Å². The highest BCUT2D eigenvalue weighted by atomic mass is 16.5. The van der Waals surface area contributed by atoms with Crippen molar-refractivity contribution >= 4 is 11.6 Å². The van der Waals surface area contributed by atoms with Gasteiger partial charge < -0.3 is 20.5 Å². The van der Waals surface area contributed by atoms with E-state index in [1.807, 2.05) is 12.1 Å². The van der Waals surface area contributed by atoms with Crippen LogP contribution in [0.15, 0.2) is 18.2 Å². The second kappa shape index (κ2) is 7.77. The molecule has 6 heteroatoms. The molecule has 0 saturated carbocycles. The van der Waals surface area contributed by atoms with Gasteiger partial charge in [0.15, 0.2) is 0 Å². The Kier molecular flexibility index (Phi) is 5.98. The van der Waals surface area contributed by atoms with E-state index in [0.29, 0.717) is 31.0 Å². The fourth-order valence-corrected chi connectivity index (χ4v) is 2.66. The molecule has 0 unspecified atom stereocenters. The average Bonchev–Trinajstić information content (AvgIpc) is 2.51. The van der Waals surface area contributed by atoms with Crippen LogP contribution < -0.4 is 11.1 Å². The molecule has 1 amide bonds. The summed E-state index contributed by atoms with van der Waals surface area (Å²) in [7, 11) is 1.60. The third kappa shape index (κ3) is 4.67. The Balaban J connectivity index is 2.08. The quantitative estimate of drug-likeness (QED) is 0.609. The summed E-state index contributed by atoms with van der Waals surface area (Å²) in [5.41, 5.74) is 8.03. The SMILES string of the molecule is COCCNC(=O)c1cc(CN2CCOCC2(C)C)ccc1N. The molecule has 1 aliphatic heterocycles. The molecule has 1 fully saturated rings. The lowest BCUT2D eigenvalue weighted by molar-refractivity contribution is -0.0552. The number of hydrogen-bond acceptors (Lipinski definition) is 5. The monoisotopic (exact) mass is 321 g/mol. The molecular formula is C17H27N3O3. The van der Waals surface area contributed by atoms with Crippen LogP contribution in [0.3, 0.4) is 0 Å². The lowest BCUT2D eigenvalue weighted by atomic mass is 10.0. The van der Waals surface area contributed by atoms with Gasteiger partial charge in [-0.05, 0) is 31.5 Å². The number of anilines is 1. The van der Waals surface area contributed by atoms with E-state index < -0.39 is 0 Å². The Morgan fingerprint density at radius 3 is 2.96 bits per heavy atom. The molecule has 0 spiro atoms. The van der Waals surface area contributed by atoms with Crippen LogP contribution in [-0.4, -0.2) is 56.4 Å². The van der Waals surface area contributed by atoms with Crippen molar-refractivity contribution in [2.75, 3.05) is 45.8 Å². The van der Waals surface area contributed by atoms with Crippen LogP contribution >= 0.6 is 0 Å². The van der Waals surface area contributed by atoms with Crippen molar-refractivity contribution < 1.29 is 14.3 Å². The topological polar surface area (TPSA) is 76.8 Å². The van der Waals surface area contributed by atoms with Crippen molar-refractivity contribution in [2.45, 2.75) is 25.9 Å². The van der Waals surface area contributed by atoms with E-state index in [1.165, 1.54) is 0 Å². The number of ether oxygens (including phenoxy) is 2. The summed E-state index contributed by atoms with van der Waals surface area (Å²) in [6, 6.07) is 5.66. The van der Waals surface area contributed by atoms with E-state index >= 15 is 0 Å². The zero-order valence-corrected chi connectivity index (χ0v) is 14.2. The highest BCUT2D eigenvalue weighted by molar-refractivity contribution is 5.99. The molecule has 1 aliphatic rings. The predicted octanol–water partition coefficient (Wildman–Crippen LogP) is 1.26. The smallest absolute Gasteiger partial charge is 0.253 e. The third-order valence-corrected chi connectivity index (χ3v) is 4.14. The summed E-state index contributed by atoms with van der Waals surface area (Å²) in [6.45, 7) is 8.39. The maximum atomic E-state index is 12.2. The minimum absolute atomic E-state index is 0.0134. The first-order valence-corrected chi connectivity index (χ1v) is 7.92. The zero-order chi connectivity index (χ0) is 16.9. The van der Waals surface area contributed by atoms with Crippen LogP contribution in [0.25, 0.3) is 0 Å². The molecule has 0 aliphatic carbocycles. The number of carbonyl (C=O) groups is 1. The Morgan fingerprint density at radius 1 is 1.48 bits per heavy atom. The number of benzene rings is 1. The molecule has 0 bridgehead atoms. The van der Waals surface area contributed by atoms with Crippen molar-refractivity contribution in [3.05, 3.63) is 29.3 Å². The van der Waals surface area contributed by atoms with Gasteiger partial charge in [0.05, 0.1) is 25.4 Å². The first kappa shape index (κ1) is 17.7. The summed E-state index contributed by atoms with van der Waals surface area (Å²) in [6.07, 6.45) is 0. The number of nitrogens with two attached hydrogens (primary N) is 1. The first-order chi connectivity index (χ1) is 10.9. The zero-order valence-electron chi connectivity index (χ0n) is 14.2. The number of nitrogen functional groups attached to an aromatic ring is 1. The number of morpholine rings is 1. The second-order valence-electron chi connectivity index (χ2n) is 6.46. The highest BCUT2D eigenvalue weighted by Crippen LogP contribution is 2.23. The molecule has 23 heavy (non-hydrogen) atoms. The normalized spacial score (nSPS) is 17.9. The fraction of sp³-hybridized carbons (Fsp3) is 0.588. The van der Waals surface area contributed by atoms with Crippen molar-refractivity contribution in [3.63, 3.8) is 0 Å². The number of nitrogens with one attached hydrogen (secondary N) is 1. The van der Waals surface area contributed by atoms with Gasteiger partial charge in [0, 0.05) is 38.0 Å². The van der Waals surface area contributed by atoms with Gasteiger partial charge in [-0.3, -0.25) is 9.69 Å². The van der Waals surface area contributed by atoms with E-state index in [0.717, 1.165) is 25.3 Å². The molecule has 1 heterocycles. The van der Waals surface area contributed by atoms with Crippen LogP contribution in [0.4, 0.5) is 5.69 Å². The summed E-state index contributed by atoms with van der Waals surface area (Å²) < 4.78 is 10.5. The van der Waals surface area contributed by atoms with Gasteiger partial charge in [0.25, 0.3) is 5.91 Å². The molecule has 1 aromatic carbocycles. The number of hydrogen-bond donors (Lipinski definition) is 2. The van der Waals surface area contributed by atoms with E-state index in [2.05, 4.69) is 24.1 Å². The van der Waals surface area contributed by atoms with Crippen molar-refractivity contribution in [1.82, 2.24) is 10.2 Å². The van der Waals surface area contributed by atoms with Gasteiger partial charge in [-0.15, -0.1) is 0 Å². The Labute approximate surface area is 137 Å². The van der Waals surface area contributed by atoms with Gasteiger partial charge in [-0.2, -0.15) is 0 Å². The molecule has 6 nitrogen and oxygen atoms in total. The number of nitrogens with zero attached hydrogens (tertiary/aromatic N) is 1. The molecular weight excluding hydrogens is 294 g/mol. The first-order valence-electron chi connectivity index (χ1n) is 7.92. The standard InChI is InChI=1S/C17H27N3O3/c1-17(2)12-23-9-7-20(17)11-13-4-5-15(18)14(10-13)16(21)19-6-8-22-3/h4-5,10H,6-9,11-12,18H2,1-3H3,(H,19,21). The number of amides is 1. The molecule has 2 rings (SSSR count). The Bertz CT molecular complexity index is 546. The molecule has 1 saturated heterocycles. The summed E-state index contributed by atoms with van der Waals surface area (Å²) >= 11 is 0. The second-order valence-corrected chi connectivity index (χ2v) is 6.46. The Morgan fingerprint density at radius 2 is 2.26 bits per heavy atom. The van der Waals surface area contributed by atoms with Gasteiger partial charge >= 0.3 is 0 Å². The van der Waals surface area contributed by atoms with Crippen LogP contribution in [0.2, 0.25) is 0 Å². The van der Waals surface area contributed by atoms with Crippen LogP contribution in [0.5, 0.6) is 0 Å². The van der Waals surface area contributed by atoms with Gasteiger partial charge in [-0.1, -0.05) is 6.07 Å². The maximum Gasteiger partial charge on any atom is 0.253 e. The molecule has 3 N–H and O–H groups in total. The molecule has 1 aromatic rings. The maximum absolute atomic E-state index is 12.2. The predicted molar refractivity (Wildman–Crippen MR) is 90.4 cm³/mol. The van der Waals surface area contributed by atoms with Crippen LogP contribution in [0.1, 0.15) is 29.8 Å². The molecule has 128 valence electrons. The number of carbonyl (C=O) groups excluding carboxylic acids is 1. The lowest BCUT2D eigenvalue weighted by Gasteiger charge is -2.42. The van der Waals surface area contributed by atoms with Crippen molar-refractivity contribution in [3.8, 4) is 0 Å². The third-order valence-electron chi connectivity index (χ3n) is 4.14. The minimum Gasteiger partial charge on any atom is -0.398 e. The van der Waals surface area contributed by atoms with Gasteiger partial charge in [0.1, 0.15) is 0 Å². The van der Waals surface area contributed by atoms with Gasteiger partial charge in [-0.25, -0.2) is 0 Å². The van der Waals surface area contributed by atoms with E-state index in [1.54, 1.807) is 13.2 Å². The fourth-order valence-electron chi connectivity index (χ4n) is 2.66. The largest absolute Gasteiger partial charge is 0.398 e. The Hall–Kier alpha value is -1.63. The van der Waals surface area contributed by atoms with Crippen molar-refractivity contribution in [2.24, 2.45) is 0 Å². The summed E-state index contributed by atoms with van der Waals surface area (Å²) in [4.78, 5) is 14.6. The lowest BCUT2D eigenvalue weighted by Crippen LogP contribution is -2.52. The molecule has 0 atom stereocenters. The highest BCUT2D eigenvalue weighted by Gasteiger charge is 2.30. The average molecular weight is 321 g/mol. The van der Waals surface area contributed by atoms with E-state index in [4.69, 9.17) is 15.2 Å². The minimum atomic E-state index is -0.164.